The molecule has 1 aromatic heterocycles. The molecule has 0 aliphatic heterocycles. The molecule has 0 aliphatic carbocycles. The van der Waals surface area contributed by atoms with Gasteiger partial charge in [0, 0.05) is 5.56 Å². The average molecular weight is 340 g/mol. The van der Waals surface area contributed by atoms with E-state index in [2.05, 4.69) is 5.10 Å². The van der Waals surface area contributed by atoms with E-state index in [4.69, 9.17) is 11.5 Å². The maximum atomic E-state index is 12.9. The summed E-state index contributed by atoms with van der Waals surface area (Å²) >= 11 is 0. The first-order chi connectivity index (χ1) is 11.0. The number of halogens is 3. The number of aromatic nitrogens is 2. The number of carbonyl (C=O) groups is 2. The van der Waals surface area contributed by atoms with E-state index in [0.717, 1.165) is 16.8 Å². The van der Waals surface area contributed by atoms with Crippen LogP contribution in [0, 0.1) is 6.92 Å². The Morgan fingerprint density at radius 1 is 1.21 bits per heavy atom. The second kappa shape index (κ2) is 5.99. The summed E-state index contributed by atoms with van der Waals surface area (Å²) < 4.78 is 39.7. The van der Waals surface area contributed by atoms with Crippen LogP contribution in [0.4, 0.5) is 13.2 Å². The standard InChI is InChI=1S/C15H15F3N4O2/c1-7-11(13(19)23)21-22(12(7)14(20)24)8(2)9-4-3-5-10(6-9)15(16,17)18/h3-6,8H,1-2H3,(H2,19,23)(H2,20,24)/t8-/m0/s1. The van der Waals surface area contributed by atoms with Crippen molar-refractivity contribution in [3.8, 4) is 0 Å². The topological polar surface area (TPSA) is 104 Å². The van der Waals surface area contributed by atoms with Crippen LogP contribution in [-0.4, -0.2) is 21.6 Å². The van der Waals surface area contributed by atoms with Gasteiger partial charge in [0.25, 0.3) is 11.8 Å². The van der Waals surface area contributed by atoms with Crippen molar-refractivity contribution in [3.05, 3.63) is 52.3 Å². The van der Waals surface area contributed by atoms with Gasteiger partial charge in [-0.2, -0.15) is 18.3 Å². The number of primary amides is 2. The fourth-order valence-electron chi connectivity index (χ4n) is 2.44. The second-order valence-corrected chi connectivity index (χ2v) is 5.29. The predicted octanol–water partition coefficient (Wildman–Crippen LogP) is 2.02. The Kier molecular flexibility index (Phi) is 4.37. The normalized spacial score (nSPS) is 12.9. The van der Waals surface area contributed by atoms with E-state index in [1.165, 1.54) is 19.1 Å². The lowest BCUT2D eigenvalue weighted by molar-refractivity contribution is -0.137. The summed E-state index contributed by atoms with van der Waals surface area (Å²) in [5.74, 6) is -1.71. The zero-order valence-corrected chi connectivity index (χ0v) is 12.9. The van der Waals surface area contributed by atoms with Gasteiger partial charge in [-0.25, -0.2) is 0 Å². The molecule has 2 amide bonds. The van der Waals surface area contributed by atoms with Gasteiger partial charge in [-0.3, -0.25) is 14.3 Å². The minimum Gasteiger partial charge on any atom is -0.364 e. The minimum absolute atomic E-state index is 0.0753. The summed E-state index contributed by atoms with van der Waals surface area (Å²) in [7, 11) is 0. The molecule has 0 bridgehead atoms. The van der Waals surface area contributed by atoms with Crippen LogP contribution >= 0.6 is 0 Å². The van der Waals surface area contributed by atoms with E-state index in [0.29, 0.717) is 0 Å². The molecule has 6 nitrogen and oxygen atoms in total. The van der Waals surface area contributed by atoms with Crippen molar-refractivity contribution < 1.29 is 22.8 Å². The Morgan fingerprint density at radius 2 is 1.83 bits per heavy atom. The number of nitrogens with zero attached hydrogens (tertiary/aromatic N) is 2. The van der Waals surface area contributed by atoms with Gasteiger partial charge < -0.3 is 11.5 Å². The molecule has 1 aromatic carbocycles. The van der Waals surface area contributed by atoms with Crippen molar-refractivity contribution in [2.24, 2.45) is 11.5 Å². The molecule has 0 fully saturated rings. The lowest BCUT2D eigenvalue weighted by Crippen LogP contribution is -2.21. The number of amides is 2. The monoisotopic (exact) mass is 340 g/mol. The molecule has 0 aliphatic rings. The molecule has 0 saturated heterocycles. The van der Waals surface area contributed by atoms with Crippen LogP contribution in [0.2, 0.25) is 0 Å². The van der Waals surface area contributed by atoms with E-state index < -0.39 is 29.6 Å². The van der Waals surface area contributed by atoms with Gasteiger partial charge in [0.15, 0.2) is 5.69 Å². The highest BCUT2D eigenvalue weighted by molar-refractivity contribution is 5.99. The SMILES string of the molecule is Cc1c(C(N)=O)nn([C@@H](C)c2cccc(C(F)(F)F)c2)c1C(N)=O. The number of rotatable bonds is 4. The van der Waals surface area contributed by atoms with Gasteiger partial charge in [-0.05, 0) is 31.5 Å². The lowest BCUT2D eigenvalue weighted by atomic mass is 10.0. The van der Waals surface area contributed by atoms with Crippen LogP contribution in [0.5, 0.6) is 0 Å². The molecule has 2 aromatic rings. The molecule has 9 heteroatoms. The summed E-state index contributed by atoms with van der Waals surface area (Å²) in [5, 5.41) is 3.96. The fourth-order valence-corrected chi connectivity index (χ4v) is 2.44. The van der Waals surface area contributed by atoms with Crippen LogP contribution in [0.3, 0.4) is 0 Å². The number of carbonyl (C=O) groups excluding carboxylic acids is 2. The molecule has 24 heavy (non-hydrogen) atoms. The molecule has 0 radical (unpaired) electrons. The van der Waals surface area contributed by atoms with Crippen molar-refractivity contribution in [2.75, 3.05) is 0 Å². The summed E-state index contributed by atoms with van der Waals surface area (Å²) in [4.78, 5) is 23.1. The zero-order valence-electron chi connectivity index (χ0n) is 12.9. The maximum absolute atomic E-state index is 12.9. The van der Waals surface area contributed by atoms with Gasteiger partial charge in [0.05, 0.1) is 11.6 Å². The van der Waals surface area contributed by atoms with Crippen LogP contribution < -0.4 is 11.5 Å². The second-order valence-electron chi connectivity index (χ2n) is 5.29. The van der Waals surface area contributed by atoms with Crippen molar-refractivity contribution in [1.29, 1.82) is 0 Å². The third-order valence-corrected chi connectivity index (χ3v) is 3.68. The van der Waals surface area contributed by atoms with Crippen molar-refractivity contribution >= 4 is 11.8 Å². The Hall–Kier alpha value is -2.84. The van der Waals surface area contributed by atoms with Crippen LogP contribution in [0.25, 0.3) is 0 Å². The quantitative estimate of drug-likeness (QED) is 0.889. The number of alkyl halides is 3. The van der Waals surface area contributed by atoms with E-state index in [9.17, 15) is 22.8 Å². The summed E-state index contributed by atoms with van der Waals surface area (Å²) in [5.41, 5.74) is 9.90. The maximum Gasteiger partial charge on any atom is 0.416 e. The van der Waals surface area contributed by atoms with Crippen LogP contribution in [0.1, 0.15) is 50.6 Å². The molecule has 128 valence electrons. The van der Waals surface area contributed by atoms with E-state index >= 15 is 0 Å². The molecule has 4 N–H and O–H groups in total. The van der Waals surface area contributed by atoms with E-state index in [1.54, 1.807) is 6.92 Å². The average Bonchev–Trinajstić information content (AvgIpc) is 2.83. The fraction of sp³-hybridized carbons (Fsp3) is 0.267. The minimum atomic E-state index is -4.50. The largest absolute Gasteiger partial charge is 0.416 e. The van der Waals surface area contributed by atoms with Crippen LogP contribution in [-0.2, 0) is 6.18 Å². The van der Waals surface area contributed by atoms with Gasteiger partial charge in [-0.15, -0.1) is 0 Å². The highest BCUT2D eigenvalue weighted by Gasteiger charge is 2.31. The Bertz CT molecular complexity index is 812. The van der Waals surface area contributed by atoms with Gasteiger partial charge in [0.2, 0.25) is 0 Å². The first-order valence-corrected chi connectivity index (χ1v) is 6.90. The number of benzene rings is 1. The molecule has 1 atom stereocenters. The Morgan fingerprint density at radius 3 is 2.33 bits per heavy atom. The third kappa shape index (κ3) is 3.10. The highest BCUT2D eigenvalue weighted by atomic mass is 19.4. The highest BCUT2D eigenvalue weighted by Crippen LogP contribution is 2.32. The van der Waals surface area contributed by atoms with Gasteiger partial charge in [0.1, 0.15) is 5.69 Å². The third-order valence-electron chi connectivity index (χ3n) is 3.68. The molecule has 1 heterocycles. The molecule has 2 rings (SSSR count). The number of hydrogen-bond donors (Lipinski definition) is 2. The molecule has 0 unspecified atom stereocenters. The summed E-state index contributed by atoms with van der Waals surface area (Å²) in [6.45, 7) is 2.99. The van der Waals surface area contributed by atoms with Gasteiger partial charge >= 0.3 is 6.18 Å². The first kappa shape index (κ1) is 17.5. The zero-order chi connectivity index (χ0) is 18.2. The smallest absolute Gasteiger partial charge is 0.364 e. The van der Waals surface area contributed by atoms with Gasteiger partial charge in [-0.1, -0.05) is 12.1 Å². The molecule has 0 spiro atoms. The Labute approximate surface area is 135 Å². The van der Waals surface area contributed by atoms with Crippen LogP contribution in [0.15, 0.2) is 24.3 Å². The number of nitrogens with two attached hydrogens (primary N) is 2. The van der Waals surface area contributed by atoms with Crippen molar-refractivity contribution in [3.63, 3.8) is 0 Å². The lowest BCUT2D eigenvalue weighted by Gasteiger charge is -2.17. The Balaban J connectivity index is 2.58. The summed E-state index contributed by atoms with van der Waals surface area (Å²) in [6, 6.07) is 3.85. The predicted molar refractivity (Wildman–Crippen MR) is 79.3 cm³/mol. The number of hydrogen-bond acceptors (Lipinski definition) is 3. The first-order valence-electron chi connectivity index (χ1n) is 6.90. The molecular weight excluding hydrogens is 325 g/mol. The molecule has 0 saturated carbocycles. The van der Waals surface area contributed by atoms with E-state index in [1.807, 2.05) is 0 Å². The van der Waals surface area contributed by atoms with Crippen molar-refractivity contribution in [1.82, 2.24) is 9.78 Å². The summed E-state index contributed by atoms with van der Waals surface area (Å²) in [6.07, 6.45) is -4.50. The molecular formula is C15H15F3N4O2. The van der Waals surface area contributed by atoms with Crippen molar-refractivity contribution in [2.45, 2.75) is 26.1 Å². The van der Waals surface area contributed by atoms with E-state index in [-0.39, 0.29) is 22.5 Å².